The average molecular weight is 724 g/mol. The van der Waals surface area contributed by atoms with Gasteiger partial charge in [0.05, 0.1) is 42.2 Å². The van der Waals surface area contributed by atoms with Crippen LogP contribution in [0.2, 0.25) is 5.15 Å². The lowest BCUT2D eigenvalue weighted by Gasteiger charge is -2.42. The van der Waals surface area contributed by atoms with Crippen molar-refractivity contribution >= 4 is 46.0 Å². The van der Waals surface area contributed by atoms with Gasteiger partial charge in [-0.05, 0) is 69.9 Å². The number of hydrogen-bond donors (Lipinski definition) is 0. The fourth-order valence-electron chi connectivity index (χ4n) is 6.47. The van der Waals surface area contributed by atoms with Gasteiger partial charge in [0.2, 0.25) is 0 Å². The van der Waals surface area contributed by atoms with Crippen LogP contribution in [-0.4, -0.2) is 74.3 Å². The molecule has 15 heteroatoms. The number of aromatic nitrogens is 4. The lowest BCUT2D eigenvalue weighted by atomic mass is 10.0. The number of benzene rings is 1. The molecule has 4 aromatic rings. The Morgan fingerprint density at radius 1 is 1.02 bits per heavy atom. The largest absolute Gasteiger partial charge is 0.444 e. The van der Waals surface area contributed by atoms with Gasteiger partial charge < -0.3 is 19.3 Å². The van der Waals surface area contributed by atoms with Gasteiger partial charge in [-0.15, -0.1) is 0 Å². The van der Waals surface area contributed by atoms with E-state index in [0.29, 0.717) is 52.8 Å². The molecule has 268 valence electrons. The molecule has 1 aliphatic carbocycles. The minimum atomic E-state index is -4.70. The smallest absolute Gasteiger partial charge is 0.410 e. The maximum Gasteiger partial charge on any atom is 0.410 e. The summed E-state index contributed by atoms with van der Waals surface area (Å²) in [7, 11) is 0. The van der Waals surface area contributed by atoms with Crippen LogP contribution in [0.15, 0.2) is 42.7 Å². The van der Waals surface area contributed by atoms with E-state index in [0.717, 1.165) is 39.8 Å². The monoisotopic (exact) mass is 723 g/mol. The fourth-order valence-corrected chi connectivity index (χ4v) is 6.73. The number of aryl methyl sites for hydroxylation is 1. The van der Waals surface area contributed by atoms with E-state index in [1.807, 2.05) is 18.2 Å². The van der Waals surface area contributed by atoms with E-state index >= 15 is 0 Å². The second kappa shape index (κ2) is 13.2. The fraction of sp³-hybridized carbons (Fsp3) is 0.444. The molecule has 3 aliphatic rings. The molecule has 1 saturated carbocycles. The van der Waals surface area contributed by atoms with Gasteiger partial charge in [-0.25, -0.2) is 24.7 Å². The quantitative estimate of drug-likeness (QED) is 0.192. The van der Waals surface area contributed by atoms with Crippen LogP contribution < -0.4 is 9.80 Å². The van der Waals surface area contributed by atoms with Gasteiger partial charge in [0.1, 0.15) is 28.4 Å². The Hall–Kier alpha value is -4.56. The Labute approximate surface area is 297 Å². The van der Waals surface area contributed by atoms with Crippen LogP contribution in [0, 0.1) is 6.92 Å². The van der Waals surface area contributed by atoms with Crippen LogP contribution >= 0.6 is 11.6 Å². The van der Waals surface area contributed by atoms with Gasteiger partial charge >= 0.3 is 12.3 Å². The lowest BCUT2D eigenvalue weighted by molar-refractivity contribution is -0.181. The van der Waals surface area contributed by atoms with E-state index in [-0.39, 0.29) is 31.1 Å². The van der Waals surface area contributed by atoms with Gasteiger partial charge in [0, 0.05) is 48.9 Å². The highest BCUT2D eigenvalue weighted by Crippen LogP contribution is 2.38. The Balaban J connectivity index is 1.19. The number of carbonyl (C=O) groups is 2. The number of fused-ring (bicyclic) bond motifs is 3. The maximum atomic E-state index is 14.3. The van der Waals surface area contributed by atoms with Crippen LogP contribution in [0.4, 0.5) is 29.5 Å². The zero-order chi connectivity index (χ0) is 36.2. The minimum Gasteiger partial charge on any atom is -0.444 e. The summed E-state index contributed by atoms with van der Waals surface area (Å²) < 4.78 is 53.7. The summed E-state index contributed by atoms with van der Waals surface area (Å²) in [6.07, 6.45) is -0.621. The predicted octanol–water partition coefficient (Wildman–Crippen LogP) is 7.12. The summed E-state index contributed by atoms with van der Waals surface area (Å²) in [5.41, 5.74) is 3.52. The maximum absolute atomic E-state index is 14.3. The van der Waals surface area contributed by atoms with Crippen molar-refractivity contribution in [2.75, 3.05) is 29.4 Å². The van der Waals surface area contributed by atoms with Crippen molar-refractivity contribution in [1.82, 2.24) is 24.8 Å². The van der Waals surface area contributed by atoms with Crippen LogP contribution in [0.1, 0.15) is 78.1 Å². The molecule has 1 saturated heterocycles. The predicted molar refractivity (Wildman–Crippen MR) is 184 cm³/mol. The number of alkyl halides is 3. The Kier molecular flexibility index (Phi) is 9.03. The summed E-state index contributed by atoms with van der Waals surface area (Å²) in [6.45, 7) is 6.86. The molecule has 1 atom stereocenters. The molecule has 1 unspecified atom stereocenters. The average Bonchev–Trinajstić information content (AvgIpc) is 3.81. The van der Waals surface area contributed by atoms with Crippen molar-refractivity contribution < 1.29 is 32.2 Å². The summed E-state index contributed by atoms with van der Waals surface area (Å²) in [6, 6.07) is 6.92. The molecule has 0 bridgehead atoms. The highest BCUT2D eigenvalue weighted by molar-refractivity contribution is 6.30. The first-order valence-corrected chi connectivity index (χ1v) is 17.1. The minimum absolute atomic E-state index is 0.103. The first kappa shape index (κ1) is 34.9. The summed E-state index contributed by atoms with van der Waals surface area (Å²) in [5.74, 6) is 0.945. The van der Waals surface area contributed by atoms with Gasteiger partial charge in [0.25, 0.3) is 5.91 Å². The van der Waals surface area contributed by atoms with E-state index in [1.165, 1.54) is 17.3 Å². The van der Waals surface area contributed by atoms with Gasteiger partial charge in [0.15, 0.2) is 0 Å². The topological polar surface area (TPSA) is 114 Å². The second-order valence-corrected chi connectivity index (χ2v) is 14.5. The number of hydrogen-bond acceptors (Lipinski definition) is 9. The number of nitrogens with zero attached hydrogens (tertiary/aromatic N) is 7. The number of rotatable bonds is 6. The molecule has 0 spiro atoms. The molecule has 2 aliphatic heterocycles. The molecular weight excluding hydrogens is 687 g/mol. The number of halogens is 4. The van der Waals surface area contributed by atoms with E-state index < -0.39 is 30.5 Å². The number of pyridine rings is 2. The van der Waals surface area contributed by atoms with Crippen molar-refractivity contribution in [3.63, 3.8) is 0 Å². The number of piperazine rings is 1. The molecule has 5 heterocycles. The SMILES string of the molecule is Cc1nc(N2CCN(C(=O)OC(C)(C)C)C(C(F)(F)F)C2)ccc1N(Cc1ccc2c3c(c(Cl)nc2c1)COC3)C(=O)c1cnc(C2CC2)nc1. The van der Waals surface area contributed by atoms with Gasteiger partial charge in [-0.3, -0.25) is 9.69 Å². The molecule has 7 rings (SSSR count). The molecule has 0 radical (unpaired) electrons. The van der Waals surface area contributed by atoms with Gasteiger partial charge in [-0.1, -0.05) is 23.7 Å². The number of amides is 2. The Morgan fingerprint density at radius 2 is 1.75 bits per heavy atom. The van der Waals surface area contributed by atoms with Crippen LogP contribution in [0.3, 0.4) is 0 Å². The van der Waals surface area contributed by atoms with E-state index in [4.69, 9.17) is 21.1 Å². The molecule has 2 amide bonds. The van der Waals surface area contributed by atoms with E-state index in [1.54, 1.807) is 44.7 Å². The number of ether oxygens (including phenoxy) is 2. The molecular formula is C36H37ClF3N7O4. The molecule has 0 N–H and O–H groups in total. The van der Waals surface area contributed by atoms with Crippen molar-refractivity contribution in [3.05, 3.63) is 81.7 Å². The first-order chi connectivity index (χ1) is 24.2. The Morgan fingerprint density at radius 3 is 2.41 bits per heavy atom. The van der Waals surface area contributed by atoms with Crippen LogP contribution in [-0.2, 0) is 29.2 Å². The molecule has 1 aromatic carbocycles. The summed E-state index contributed by atoms with van der Waals surface area (Å²) in [5, 5.41) is 1.30. The molecule has 11 nitrogen and oxygen atoms in total. The van der Waals surface area contributed by atoms with Crippen LogP contribution in [0.5, 0.6) is 0 Å². The van der Waals surface area contributed by atoms with E-state index in [9.17, 15) is 22.8 Å². The summed E-state index contributed by atoms with van der Waals surface area (Å²) in [4.78, 5) is 48.9. The summed E-state index contributed by atoms with van der Waals surface area (Å²) >= 11 is 6.49. The lowest BCUT2D eigenvalue weighted by Crippen LogP contribution is -2.61. The van der Waals surface area contributed by atoms with Crippen molar-refractivity contribution in [2.24, 2.45) is 0 Å². The highest BCUT2D eigenvalue weighted by atomic mass is 35.5. The number of carbonyl (C=O) groups excluding carboxylic acids is 2. The third-order valence-corrected chi connectivity index (χ3v) is 9.52. The third kappa shape index (κ3) is 7.29. The Bertz CT molecular complexity index is 2000. The van der Waals surface area contributed by atoms with Crippen molar-refractivity contribution in [2.45, 2.75) is 84.0 Å². The first-order valence-electron chi connectivity index (χ1n) is 16.8. The molecule has 3 aromatic heterocycles. The third-order valence-electron chi connectivity index (χ3n) is 9.20. The normalized spacial score (nSPS) is 17.8. The van der Waals surface area contributed by atoms with Crippen molar-refractivity contribution in [3.8, 4) is 0 Å². The zero-order valence-electron chi connectivity index (χ0n) is 28.6. The molecule has 51 heavy (non-hydrogen) atoms. The van der Waals surface area contributed by atoms with Gasteiger partial charge in [-0.2, -0.15) is 13.2 Å². The van der Waals surface area contributed by atoms with Crippen LogP contribution in [0.25, 0.3) is 10.9 Å². The van der Waals surface area contributed by atoms with Crippen molar-refractivity contribution in [1.29, 1.82) is 0 Å². The molecule has 2 fully saturated rings. The van der Waals surface area contributed by atoms with E-state index in [2.05, 4.69) is 19.9 Å². The zero-order valence-corrected chi connectivity index (χ0v) is 29.4. The highest BCUT2D eigenvalue weighted by Gasteiger charge is 2.49. The second-order valence-electron chi connectivity index (χ2n) is 14.2. The standard InChI is InChI=1S/C36H37ClF3N7O4/c1-20-28(9-10-30(43-20)45-11-12-46(29(17-45)36(38,39)40)34(49)51-35(2,3)4)47(33(48)23-14-41-32(42-15-23)22-6-7-22)16-21-5-8-24-25-18-50-19-26(25)31(37)44-27(24)13-21/h5,8-10,13-15,22,29H,6-7,11-12,16-19H2,1-4H3. The number of anilines is 2.